The first kappa shape index (κ1) is 13.2. The number of hydrogen-bond donors (Lipinski definition) is 3. The van der Waals surface area contributed by atoms with Gasteiger partial charge in [0.2, 0.25) is 0 Å². The molecule has 0 aliphatic heterocycles. The Hall–Kier alpha value is -1.82. The quantitative estimate of drug-likeness (QED) is 0.591. The van der Waals surface area contributed by atoms with Gasteiger partial charge in [-0.25, -0.2) is 15.8 Å². The predicted molar refractivity (Wildman–Crippen MR) is 80.4 cm³/mol. The molecule has 1 aliphatic rings. The van der Waals surface area contributed by atoms with E-state index in [4.69, 9.17) is 5.84 Å². The van der Waals surface area contributed by atoms with Crippen molar-refractivity contribution in [3.8, 4) is 0 Å². The molecule has 0 amide bonds. The van der Waals surface area contributed by atoms with E-state index < -0.39 is 0 Å². The summed E-state index contributed by atoms with van der Waals surface area (Å²) in [7, 11) is 0. The molecule has 1 fully saturated rings. The molecule has 108 valence electrons. The van der Waals surface area contributed by atoms with Gasteiger partial charge < -0.3 is 15.1 Å². The summed E-state index contributed by atoms with van der Waals surface area (Å²) in [5.74, 6) is 8.38. The van der Waals surface area contributed by atoms with Gasteiger partial charge in [-0.05, 0) is 31.1 Å². The van der Waals surface area contributed by atoms with Crippen LogP contribution in [0.2, 0.25) is 0 Å². The van der Waals surface area contributed by atoms with Gasteiger partial charge in [-0.3, -0.25) is 0 Å². The summed E-state index contributed by atoms with van der Waals surface area (Å²) in [5.41, 5.74) is 3.45. The molecule has 0 bridgehead atoms. The lowest BCUT2D eigenvalue weighted by Crippen LogP contribution is -2.33. The van der Waals surface area contributed by atoms with Crippen molar-refractivity contribution in [2.45, 2.75) is 39.2 Å². The van der Waals surface area contributed by atoms with Gasteiger partial charge in [-0.1, -0.05) is 13.8 Å². The summed E-state index contributed by atoms with van der Waals surface area (Å²) < 4.78 is 1.93. The van der Waals surface area contributed by atoms with Gasteiger partial charge >= 0.3 is 0 Å². The molecule has 3 unspecified atom stereocenters. The first-order valence-corrected chi connectivity index (χ1v) is 7.24. The van der Waals surface area contributed by atoms with E-state index in [0.717, 1.165) is 17.4 Å². The Morgan fingerprint density at radius 3 is 2.95 bits per heavy atom. The van der Waals surface area contributed by atoms with Crippen molar-refractivity contribution in [3.05, 3.63) is 18.6 Å². The van der Waals surface area contributed by atoms with Crippen LogP contribution in [0.5, 0.6) is 0 Å². The lowest BCUT2D eigenvalue weighted by atomic mass is 9.80. The van der Waals surface area contributed by atoms with Crippen LogP contribution in [0.4, 0.5) is 11.6 Å². The zero-order valence-corrected chi connectivity index (χ0v) is 12.0. The van der Waals surface area contributed by atoms with Crippen LogP contribution in [0.25, 0.3) is 5.65 Å². The lowest BCUT2D eigenvalue weighted by Gasteiger charge is -2.33. The lowest BCUT2D eigenvalue weighted by molar-refractivity contribution is 0.276. The SMILES string of the molecule is CC1CCC(Nc2nc(NN)cn3ccnc23)C(C)C1. The number of nitrogens with zero attached hydrogens (tertiary/aromatic N) is 3. The number of imidazole rings is 1. The van der Waals surface area contributed by atoms with E-state index in [2.05, 4.69) is 34.6 Å². The minimum absolute atomic E-state index is 0.451. The number of nitrogens with one attached hydrogen (secondary N) is 2. The third-order valence-corrected chi connectivity index (χ3v) is 4.28. The monoisotopic (exact) mass is 274 g/mol. The second-order valence-corrected chi connectivity index (χ2v) is 5.92. The Labute approximate surface area is 118 Å². The largest absolute Gasteiger partial charge is 0.364 e. The molecule has 0 spiro atoms. The van der Waals surface area contributed by atoms with Crippen LogP contribution in [0.3, 0.4) is 0 Å². The summed E-state index contributed by atoms with van der Waals surface area (Å²) in [5, 5.41) is 3.56. The molecule has 4 N–H and O–H groups in total. The molecular weight excluding hydrogens is 252 g/mol. The number of rotatable bonds is 3. The first-order chi connectivity index (χ1) is 9.67. The summed E-state index contributed by atoms with van der Waals surface area (Å²) in [6.07, 6.45) is 9.21. The molecule has 1 saturated carbocycles. The molecule has 20 heavy (non-hydrogen) atoms. The molecule has 6 nitrogen and oxygen atoms in total. The van der Waals surface area contributed by atoms with Crippen molar-refractivity contribution in [2.75, 3.05) is 10.7 Å². The average molecular weight is 274 g/mol. The fourth-order valence-electron chi connectivity index (χ4n) is 3.15. The third-order valence-electron chi connectivity index (χ3n) is 4.28. The maximum absolute atomic E-state index is 5.48. The second-order valence-electron chi connectivity index (χ2n) is 5.92. The van der Waals surface area contributed by atoms with E-state index in [-0.39, 0.29) is 0 Å². The van der Waals surface area contributed by atoms with Crippen LogP contribution in [0.1, 0.15) is 33.1 Å². The Morgan fingerprint density at radius 1 is 1.35 bits per heavy atom. The molecular formula is C14H22N6. The van der Waals surface area contributed by atoms with E-state index in [9.17, 15) is 0 Å². The minimum Gasteiger partial charge on any atom is -0.364 e. The molecule has 0 aromatic carbocycles. The van der Waals surface area contributed by atoms with Crippen LogP contribution in [0.15, 0.2) is 18.6 Å². The molecule has 0 saturated heterocycles. The van der Waals surface area contributed by atoms with Crippen LogP contribution < -0.4 is 16.6 Å². The number of nitrogen functional groups attached to an aromatic ring is 1. The predicted octanol–water partition coefficient (Wildman–Crippen LogP) is 2.25. The summed E-state index contributed by atoms with van der Waals surface area (Å²) in [4.78, 5) is 8.88. The fourth-order valence-corrected chi connectivity index (χ4v) is 3.15. The van der Waals surface area contributed by atoms with Crippen molar-refractivity contribution in [3.63, 3.8) is 0 Å². The van der Waals surface area contributed by atoms with E-state index in [1.54, 1.807) is 6.20 Å². The Kier molecular flexibility index (Phi) is 3.48. The highest BCUT2D eigenvalue weighted by Gasteiger charge is 2.26. The number of anilines is 2. The average Bonchev–Trinajstić information content (AvgIpc) is 2.90. The van der Waals surface area contributed by atoms with Crippen molar-refractivity contribution >= 4 is 17.3 Å². The van der Waals surface area contributed by atoms with Gasteiger partial charge in [-0.2, -0.15) is 0 Å². The zero-order chi connectivity index (χ0) is 14.1. The Balaban J connectivity index is 1.88. The molecule has 2 aromatic heterocycles. The second kappa shape index (κ2) is 5.28. The molecule has 0 radical (unpaired) electrons. The normalized spacial score (nSPS) is 26.6. The van der Waals surface area contributed by atoms with Crippen molar-refractivity contribution in [2.24, 2.45) is 17.7 Å². The van der Waals surface area contributed by atoms with E-state index in [1.165, 1.54) is 19.3 Å². The van der Waals surface area contributed by atoms with Crippen molar-refractivity contribution < 1.29 is 0 Å². The van der Waals surface area contributed by atoms with E-state index >= 15 is 0 Å². The maximum atomic E-state index is 5.48. The molecule has 3 rings (SSSR count). The minimum atomic E-state index is 0.451. The van der Waals surface area contributed by atoms with Gasteiger partial charge in [0.25, 0.3) is 0 Å². The van der Waals surface area contributed by atoms with Gasteiger partial charge in [0.15, 0.2) is 17.3 Å². The highest BCUT2D eigenvalue weighted by molar-refractivity contribution is 5.65. The summed E-state index contributed by atoms with van der Waals surface area (Å²) in [6.45, 7) is 4.64. The number of fused-ring (bicyclic) bond motifs is 1. The highest BCUT2D eigenvalue weighted by Crippen LogP contribution is 2.31. The van der Waals surface area contributed by atoms with E-state index in [1.807, 2.05) is 16.8 Å². The molecule has 2 aromatic rings. The zero-order valence-electron chi connectivity index (χ0n) is 12.0. The fraction of sp³-hybridized carbons (Fsp3) is 0.571. The molecule has 3 atom stereocenters. The van der Waals surface area contributed by atoms with Crippen LogP contribution in [0, 0.1) is 11.8 Å². The van der Waals surface area contributed by atoms with E-state index in [0.29, 0.717) is 17.8 Å². The highest BCUT2D eigenvalue weighted by atomic mass is 15.3. The number of hydrogen-bond acceptors (Lipinski definition) is 5. The number of aromatic nitrogens is 3. The Morgan fingerprint density at radius 2 is 2.20 bits per heavy atom. The summed E-state index contributed by atoms with van der Waals surface area (Å²) in [6, 6.07) is 0.451. The smallest absolute Gasteiger partial charge is 0.180 e. The van der Waals surface area contributed by atoms with Crippen LogP contribution in [-0.2, 0) is 0 Å². The van der Waals surface area contributed by atoms with Gasteiger partial charge in [0.1, 0.15) is 0 Å². The van der Waals surface area contributed by atoms with Gasteiger partial charge in [0.05, 0.1) is 6.20 Å². The first-order valence-electron chi connectivity index (χ1n) is 7.24. The molecule has 6 heteroatoms. The molecule has 1 aliphatic carbocycles. The standard InChI is InChI=1S/C14H22N6/c1-9-3-4-11(10(2)7-9)17-13-14-16-5-6-20(14)8-12(18-13)19-15/h5-6,8-11,19H,3-4,7,15H2,1-2H3,(H,17,18). The van der Waals surface area contributed by atoms with Crippen LogP contribution >= 0.6 is 0 Å². The van der Waals surface area contributed by atoms with Gasteiger partial charge in [0, 0.05) is 18.4 Å². The molecule has 2 heterocycles. The van der Waals surface area contributed by atoms with Crippen molar-refractivity contribution in [1.82, 2.24) is 14.4 Å². The Bertz CT molecular complexity index is 592. The topological polar surface area (TPSA) is 80.3 Å². The maximum Gasteiger partial charge on any atom is 0.180 e. The van der Waals surface area contributed by atoms with Crippen LogP contribution in [-0.4, -0.2) is 20.4 Å². The van der Waals surface area contributed by atoms with Gasteiger partial charge in [-0.15, -0.1) is 0 Å². The number of hydrazine groups is 1. The summed E-state index contributed by atoms with van der Waals surface area (Å²) >= 11 is 0. The van der Waals surface area contributed by atoms with Crippen molar-refractivity contribution in [1.29, 1.82) is 0 Å². The third kappa shape index (κ3) is 2.43. The number of nitrogens with two attached hydrogens (primary N) is 1.